The summed E-state index contributed by atoms with van der Waals surface area (Å²) in [5, 5.41) is 20.9. The van der Waals surface area contributed by atoms with Gasteiger partial charge < -0.3 is 4.57 Å². The molecule has 0 aliphatic rings. The van der Waals surface area contributed by atoms with E-state index in [1.165, 1.54) is 10.8 Å². The molecular weight excluding hydrogens is 356 g/mol. The molecule has 0 saturated heterocycles. The molecule has 5 aromatic rings. The van der Waals surface area contributed by atoms with Gasteiger partial charge in [-0.25, -0.2) is 4.98 Å². The van der Waals surface area contributed by atoms with E-state index in [2.05, 4.69) is 58.1 Å². The molecule has 0 spiro atoms. The molecule has 4 heteroatoms. The zero-order valence-electron chi connectivity index (χ0n) is 15.4. The van der Waals surface area contributed by atoms with Crippen molar-refractivity contribution in [1.29, 1.82) is 10.5 Å². The highest BCUT2D eigenvalue weighted by Gasteiger charge is 2.12. The maximum absolute atomic E-state index is 9.24. The van der Waals surface area contributed by atoms with Crippen molar-refractivity contribution in [3.8, 4) is 29.0 Å². The summed E-state index contributed by atoms with van der Waals surface area (Å²) < 4.78 is 2.24. The summed E-state index contributed by atoms with van der Waals surface area (Å²) in [5.74, 6) is 0. The van der Waals surface area contributed by atoms with Gasteiger partial charge in [0.2, 0.25) is 0 Å². The maximum atomic E-state index is 9.24. The van der Waals surface area contributed by atoms with E-state index in [1.807, 2.05) is 36.4 Å². The molecule has 2 aromatic heterocycles. The van der Waals surface area contributed by atoms with Crippen molar-refractivity contribution in [1.82, 2.24) is 9.55 Å². The van der Waals surface area contributed by atoms with Gasteiger partial charge in [0.25, 0.3) is 0 Å². The molecule has 0 bridgehead atoms. The molecule has 0 atom stereocenters. The molecule has 0 N–H and O–H groups in total. The Morgan fingerprint density at radius 1 is 0.621 bits per heavy atom. The maximum Gasteiger partial charge on any atom is 0.142 e. The molecule has 29 heavy (non-hydrogen) atoms. The Morgan fingerprint density at radius 3 is 1.79 bits per heavy atom. The minimum absolute atomic E-state index is 0.237. The van der Waals surface area contributed by atoms with Crippen LogP contribution in [0.2, 0.25) is 0 Å². The van der Waals surface area contributed by atoms with Crippen molar-refractivity contribution in [2.45, 2.75) is 0 Å². The van der Waals surface area contributed by atoms with Gasteiger partial charge in [0.1, 0.15) is 23.5 Å². The van der Waals surface area contributed by atoms with Crippen LogP contribution < -0.4 is 0 Å². The largest absolute Gasteiger partial charge is 0.309 e. The number of aromatic nitrogens is 2. The van der Waals surface area contributed by atoms with Crippen LogP contribution in [0.3, 0.4) is 0 Å². The van der Waals surface area contributed by atoms with Crippen molar-refractivity contribution in [2.24, 2.45) is 0 Å². The fraction of sp³-hybridized carbons (Fsp3) is 0. The van der Waals surface area contributed by atoms with Crippen LogP contribution in [-0.4, -0.2) is 9.55 Å². The molecule has 3 aromatic carbocycles. The summed E-state index contributed by atoms with van der Waals surface area (Å²) >= 11 is 0. The van der Waals surface area contributed by atoms with Gasteiger partial charge in [-0.2, -0.15) is 10.5 Å². The molecule has 0 saturated carbocycles. The molecule has 134 valence electrons. The molecule has 4 nitrogen and oxygen atoms in total. The molecule has 0 unspecified atom stereocenters. The third kappa shape index (κ3) is 2.72. The van der Waals surface area contributed by atoms with Crippen LogP contribution in [0.25, 0.3) is 38.6 Å². The lowest BCUT2D eigenvalue weighted by atomic mass is 10.0. The highest BCUT2D eigenvalue weighted by Crippen LogP contribution is 2.33. The minimum Gasteiger partial charge on any atom is -0.309 e. The Labute approximate surface area is 167 Å². The van der Waals surface area contributed by atoms with Crippen molar-refractivity contribution >= 4 is 21.8 Å². The van der Waals surface area contributed by atoms with Gasteiger partial charge in [0.15, 0.2) is 0 Å². The molecule has 0 radical (unpaired) electrons. The monoisotopic (exact) mass is 370 g/mol. The summed E-state index contributed by atoms with van der Waals surface area (Å²) in [4.78, 5) is 4.02. The summed E-state index contributed by atoms with van der Waals surface area (Å²) in [6.07, 6.45) is 0. The lowest BCUT2D eigenvalue weighted by molar-refractivity contribution is 1.18. The van der Waals surface area contributed by atoms with E-state index in [1.54, 1.807) is 12.1 Å². The van der Waals surface area contributed by atoms with Gasteiger partial charge in [0, 0.05) is 16.5 Å². The van der Waals surface area contributed by atoms with E-state index in [9.17, 15) is 10.5 Å². The van der Waals surface area contributed by atoms with E-state index in [4.69, 9.17) is 0 Å². The molecular formula is C25H14N4. The first-order chi connectivity index (χ1) is 14.3. The number of nitriles is 2. The lowest BCUT2D eigenvalue weighted by Crippen LogP contribution is -1.95. The third-order valence-corrected chi connectivity index (χ3v) is 5.07. The molecule has 5 rings (SSSR count). The Bertz CT molecular complexity index is 1390. The van der Waals surface area contributed by atoms with Crippen LogP contribution in [0.5, 0.6) is 0 Å². The Balaban J connectivity index is 1.77. The average Bonchev–Trinajstić information content (AvgIpc) is 3.13. The Hall–Kier alpha value is -4.41. The van der Waals surface area contributed by atoms with Crippen LogP contribution in [0.4, 0.5) is 0 Å². The zero-order valence-corrected chi connectivity index (χ0v) is 15.4. The summed E-state index contributed by atoms with van der Waals surface area (Å²) in [6, 6.07) is 32.3. The highest BCUT2D eigenvalue weighted by molar-refractivity contribution is 6.09. The van der Waals surface area contributed by atoms with Crippen LogP contribution >= 0.6 is 0 Å². The molecule has 0 fully saturated rings. The van der Waals surface area contributed by atoms with E-state index in [-0.39, 0.29) is 11.4 Å². The number of pyridine rings is 1. The Morgan fingerprint density at radius 2 is 1.21 bits per heavy atom. The number of rotatable bonds is 2. The predicted molar refractivity (Wildman–Crippen MR) is 113 cm³/mol. The van der Waals surface area contributed by atoms with Crippen molar-refractivity contribution in [3.05, 3.63) is 96.3 Å². The van der Waals surface area contributed by atoms with E-state index in [0.29, 0.717) is 0 Å². The van der Waals surface area contributed by atoms with Crippen LogP contribution in [0.1, 0.15) is 11.4 Å². The second kappa shape index (κ2) is 6.64. The van der Waals surface area contributed by atoms with Gasteiger partial charge in [-0.05, 0) is 47.5 Å². The molecule has 2 heterocycles. The van der Waals surface area contributed by atoms with E-state index in [0.717, 1.165) is 27.8 Å². The quantitative estimate of drug-likeness (QED) is 0.407. The normalized spacial score (nSPS) is 10.7. The van der Waals surface area contributed by atoms with Gasteiger partial charge in [0.05, 0.1) is 11.0 Å². The second-order valence-corrected chi connectivity index (χ2v) is 6.77. The van der Waals surface area contributed by atoms with Crippen LogP contribution in [-0.2, 0) is 0 Å². The zero-order chi connectivity index (χ0) is 19.8. The first-order valence-electron chi connectivity index (χ1n) is 9.20. The lowest BCUT2D eigenvalue weighted by Gasteiger charge is -2.10. The van der Waals surface area contributed by atoms with Gasteiger partial charge >= 0.3 is 0 Å². The van der Waals surface area contributed by atoms with Gasteiger partial charge in [-0.1, -0.05) is 48.5 Å². The number of para-hydroxylation sites is 2. The molecule has 0 aliphatic carbocycles. The smallest absolute Gasteiger partial charge is 0.142 e. The summed E-state index contributed by atoms with van der Waals surface area (Å²) in [7, 11) is 0. The second-order valence-electron chi connectivity index (χ2n) is 6.77. The van der Waals surface area contributed by atoms with Crippen LogP contribution in [0, 0.1) is 22.7 Å². The average molecular weight is 370 g/mol. The first-order valence-corrected chi connectivity index (χ1v) is 9.20. The number of hydrogen-bond acceptors (Lipinski definition) is 3. The van der Waals surface area contributed by atoms with Gasteiger partial charge in [-0.15, -0.1) is 0 Å². The number of nitrogens with zero attached hydrogens (tertiary/aromatic N) is 4. The number of fused-ring (bicyclic) bond motifs is 3. The van der Waals surface area contributed by atoms with Crippen molar-refractivity contribution in [2.75, 3.05) is 0 Å². The van der Waals surface area contributed by atoms with Crippen molar-refractivity contribution < 1.29 is 0 Å². The van der Waals surface area contributed by atoms with Gasteiger partial charge in [-0.3, -0.25) is 0 Å². The predicted octanol–water partition coefficient (Wildman–Crippen LogP) is 5.59. The van der Waals surface area contributed by atoms with E-state index >= 15 is 0 Å². The fourth-order valence-electron chi connectivity index (χ4n) is 3.84. The third-order valence-electron chi connectivity index (χ3n) is 5.07. The summed E-state index contributed by atoms with van der Waals surface area (Å²) in [5.41, 5.74) is 5.50. The van der Waals surface area contributed by atoms with Crippen LogP contribution in [0.15, 0.2) is 84.9 Å². The topological polar surface area (TPSA) is 65.4 Å². The van der Waals surface area contributed by atoms with E-state index < -0.39 is 0 Å². The molecule has 0 aliphatic heterocycles. The SMILES string of the molecule is N#Cc1cc(-c2cccc(-n3c4ccccc4c4ccccc43)c2)cc(C#N)n1. The first kappa shape index (κ1) is 16.7. The minimum atomic E-state index is 0.237. The van der Waals surface area contributed by atoms with Crippen molar-refractivity contribution in [3.63, 3.8) is 0 Å². The Kier molecular flexibility index (Phi) is 3.83. The standard InChI is InChI=1S/C25H14N4/c26-15-19-12-18(13-20(16-27)28-19)17-6-5-7-21(14-17)29-24-10-3-1-8-22(24)23-9-2-4-11-25(23)29/h1-14H. The fourth-order valence-corrected chi connectivity index (χ4v) is 3.84. The summed E-state index contributed by atoms with van der Waals surface area (Å²) in [6.45, 7) is 0. The number of hydrogen-bond donors (Lipinski definition) is 0. The number of benzene rings is 3. The highest BCUT2D eigenvalue weighted by atomic mass is 15.0. The molecule has 0 amide bonds.